The van der Waals surface area contributed by atoms with Crippen LogP contribution in [0.4, 0.5) is 0 Å². The van der Waals surface area contributed by atoms with Crippen LogP contribution in [0, 0.1) is 0 Å². The molecule has 0 spiro atoms. The molecule has 0 aliphatic carbocycles. The van der Waals surface area contributed by atoms with Crippen LogP contribution >= 0.6 is 0 Å². The maximum atomic E-state index is 3.45. The lowest BCUT2D eigenvalue weighted by Crippen LogP contribution is -2.51. The first-order chi connectivity index (χ1) is 7.60. The molecule has 3 heteroatoms. The molecule has 3 unspecified atom stereocenters. The summed E-state index contributed by atoms with van der Waals surface area (Å²) in [6.07, 6.45) is 3.94. The first kappa shape index (κ1) is 13.9. The largest absolute Gasteiger partial charge is 0.315 e. The Labute approximate surface area is 101 Å². The first-order valence-electron chi connectivity index (χ1n) is 6.67. The molecular formula is C13H29N3. The molecule has 3 atom stereocenters. The zero-order chi connectivity index (χ0) is 12.1. The van der Waals surface area contributed by atoms with E-state index in [0.29, 0.717) is 12.1 Å². The Balaban J connectivity index is 2.55. The molecule has 1 N–H and O–H groups in total. The minimum atomic E-state index is 0.628. The van der Waals surface area contributed by atoms with E-state index in [9.17, 15) is 0 Å². The fourth-order valence-corrected chi connectivity index (χ4v) is 3.03. The summed E-state index contributed by atoms with van der Waals surface area (Å²) in [4.78, 5) is 5.01. The van der Waals surface area contributed by atoms with Gasteiger partial charge in [0.15, 0.2) is 0 Å². The number of nitrogens with one attached hydrogen (secondary N) is 1. The van der Waals surface area contributed by atoms with Crippen LogP contribution in [-0.4, -0.2) is 62.2 Å². The van der Waals surface area contributed by atoms with Crippen molar-refractivity contribution in [3.8, 4) is 0 Å². The van der Waals surface area contributed by atoms with Gasteiger partial charge in [-0.2, -0.15) is 0 Å². The fraction of sp³-hybridized carbons (Fsp3) is 1.00. The third kappa shape index (κ3) is 3.44. The van der Waals surface area contributed by atoms with Crippen molar-refractivity contribution in [2.45, 2.75) is 51.2 Å². The molecule has 0 aromatic carbocycles. The molecular weight excluding hydrogens is 198 g/mol. The lowest BCUT2D eigenvalue weighted by molar-refractivity contribution is 0.134. The van der Waals surface area contributed by atoms with Gasteiger partial charge in [0.25, 0.3) is 0 Å². The molecule has 0 bridgehead atoms. The van der Waals surface area contributed by atoms with E-state index >= 15 is 0 Å². The van der Waals surface area contributed by atoms with Crippen molar-refractivity contribution in [1.82, 2.24) is 15.1 Å². The Kier molecular flexibility index (Phi) is 5.73. The van der Waals surface area contributed by atoms with Gasteiger partial charge in [0.05, 0.1) is 0 Å². The predicted octanol–water partition coefficient (Wildman–Crippen LogP) is 1.40. The Morgan fingerprint density at radius 1 is 1.44 bits per heavy atom. The molecule has 1 saturated heterocycles. The number of likely N-dealkylation sites (tertiary alicyclic amines) is 1. The third-order valence-corrected chi connectivity index (χ3v) is 3.91. The number of hydrogen-bond donors (Lipinski definition) is 1. The summed E-state index contributed by atoms with van der Waals surface area (Å²) in [7, 11) is 6.44. The first-order valence-corrected chi connectivity index (χ1v) is 6.67. The highest BCUT2D eigenvalue weighted by molar-refractivity contribution is 4.89. The molecule has 3 nitrogen and oxygen atoms in total. The molecule has 1 fully saturated rings. The minimum Gasteiger partial charge on any atom is -0.315 e. The van der Waals surface area contributed by atoms with Crippen molar-refractivity contribution in [2.24, 2.45) is 0 Å². The summed E-state index contributed by atoms with van der Waals surface area (Å²) >= 11 is 0. The summed E-state index contributed by atoms with van der Waals surface area (Å²) in [5, 5.41) is 3.45. The normalized spacial score (nSPS) is 26.2. The van der Waals surface area contributed by atoms with Crippen molar-refractivity contribution < 1.29 is 0 Å². The highest BCUT2D eigenvalue weighted by atomic mass is 15.3. The molecule has 0 radical (unpaired) electrons. The smallest absolute Gasteiger partial charge is 0.0226 e. The maximum Gasteiger partial charge on any atom is 0.0226 e. The second-order valence-electron chi connectivity index (χ2n) is 5.34. The quantitative estimate of drug-likeness (QED) is 0.740. The fourth-order valence-electron chi connectivity index (χ4n) is 3.03. The van der Waals surface area contributed by atoms with Gasteiger partial charge in [-0.25, -0.2) is 0 Å². The maximum absolute atomic E-state index is 3.45. The molecule has 1 rings (SSSR count). The predicted molar refractivity (Wildman–Crippen MR) is 70.9 cm³/mol. The van der Waals surface area contributed by atoms with Crippen molar-refractivity contribution in [1.29, 1.82) is 0 Å². The molecule has 0 saturated carbocycles. The molecule has 96 valence electrons. The molecule has 1 aliphatic heterocycles. The van der Waals surface area contributed by atoms with Crippen molar-refractivity contribution in [3.05, 3.63) is 0 Å². The standard InChI is InChI=1S/C13H29N3/c1-6-13(14-3)11(2)16-9-7-8-12(16)10-15(4)5/h11-14H,6-10H2,1-5H3. The van der Waals surface area contributed by atoms with E-state index in [2.05, 4.69) is 50.1 Å². The van der Waals surface area contributed by atoms with E-state index in [1.807, 2.05) is 0 Å². The topological polar surface area (TPSA) is 18.5 Å². The van der Waals surface area contributed by atoms with Crippen LogP contribution in [0.25, 0.3) is 0 Å². The Morgan fingerprint density at radius 3 is 2.62 bits per heavy atom. The van der Waals surface area contributed by atoms with Crippen molar-refractivity contribution in [2.75, 3.05) is 34.2 Å². The number of likely N-dealkylation sites (N-methyl/N-ethyl adjacent to an activating group) is 2. The summed E-state index contributed by atoms with van der Waals surface area (Å²) in [5.74, 6) is 0. The Bertz CT molecular complexity index is 190. The Hall–Kier alpha value is -0.120. The number of nitrogens with zero attached hydrogens (tertiary/aromatic N) is 2. The summed E-state index contributed by atoms with van der Waals surface area (Å²) in [5.41, 5.74) is 0. The minimum absolute atomic E-state index is 0.628. The molecule has 0 amide bonds. The second-order valence-corrected chi connectivity index (χ2v) is 5.34. The van der Waals surface area contributed by atoms with Gasteiger partial charge in [0.1, 0.15) is 0 Å². The lowest BCUT2D eigenvalue weighted by atomic mass is 10.0. The van der Waals surface area contributed by atoms with E-state index in [1.54, 1.807) is 0 Å². The average molecular weight is 227 g/mol. The zero-order valence-electron chi connectivity index (χ0n) is 11.7. The second kappa shape index (κ2) is 6.58. The highest BCUT2D eigenvalue weighted by Crippen LogP contribution is 2.22. The highest BCUT2D eigenvalue weighted by Gasteiger charge is 2.31. The molecule has 0 aromatic rings. The van der Waals surface area contributed by atoms with Crippen LogP contribution in [0.1, 0.15) is 33.1 Å². The van der Waals surface area contributed by atoms with E-state index in [4.69, 9.17) is 0 Å². The number of rotatable bonds is 6. The van der Waals surface area contributed by atoms with Gasteiger partial charge in [0.2, 0.25) is 0 Å². The summed E-state index contributed by atoms with van der Waals surface area (Å²) in [6, 6.07) is 2.04. The molecule has 1 heterocycles. The van der Waals surface area contributed by atoms with E-state index in [1.165, 1.54) is 32.4 Å². The van der Waals surface area contributed by atoms with Gasteiger partial charge >= 0.3 is 0 Å². The number of hydrogen-bond acceptors (Lipinski definition) is 3. The van der Waals surface area contributed by atoms with Crippen LogP contribution in [0.15, 0.2) is 0 Å². The van der Waals surface area contributed by atoms with Crippen LogP contribution in [0.3, 0.4) is 0 Å². The van der Waals surface area contributed by atoms with Gasteiger partial charge in [-0.1, -0.05) is 6.92 Å². The molecule has 0 aromatic heterocycles. The molecule has 1 aliphatic rings. The summed E-state index contributed by atoms with van der Waals surface area (Å²) < 4.78 is 0. The van der Waals surface area contributed by atoms with E-state index < -0.39 is 0 Å². The van der Waals surface area contributed by atoms with Crippen molar-refractivity contribution >= 4 is 0 Å². The summed E-state index contributed by atoms with van der Waals surface area (Å²) in [6.45, 7) is 7.12. The van der Waals surface area contributed by atoms with E-state index in [0.717, 1.165) is 6.04 Å². The third-order valence-electron chi connectivity index (χ3n) is 3.91. The van der Waals surface area contributed by atoms with Gasteiger partial charge in [-0.3, -0.25) is 4.90 Å². The van der Waals surface area contributed by atoms with Crippen LogP contribution in [0.5, 0.6) is 0 Å². The SMILES string of the molecule is CCC(NC)C(C)N1CCCC1CN(C)C. The molecule has 16 heavy (non-hydrogen) atoms. The van der Waals surface area contributed by atoms with E-state index in [-0.39, 0.29) is 0 Å². The van der Waals surface area contributed by atoms with Crippen LogP contribution < -0.4 is 5.32 Å². The zero-order valence-corrected chi connectivity index (χ0v) is 11.7. The van der Waals surface area contributed by atoms with Gasteiger partial charge in [-0.15, -0.1) is 0 Å². The average Bonchev–Trinajstić information content (AvgIpc) is 2.66. The lowest BCUT2D eigenvalue weighted by Gasteiger charge is -2.36. The monoisotopic (exact) mass is 227 g/mol. The van der Waals surface area contributed by atoms with Crippen LogP contribution in [0.2, 0.25) is 0 Å². The van der Waals surface area contributed by atoms with Gasteiger partial charge in [0, 0.05) is 24.7 Å². The van der Waals surface area contributed by atoms with Crippen LogP contribution in [-0.2, 0) is 0 Å². The van der Waals surface area contributed by atoms with Gasteiger partial charge in [-0.05, 0) is 53.9 Å². The van der Waals surface area contributed by atoms with Gasteiger partial charge < -0.3 is 10.2 Å². The Morgan fingerprint density at radius 2 is 2.12 bits per heavy atom. The van der Waals surface area contributed by atoms with Crippen molar-refractivity contribution in [3.63, 3.8) is 0 Å².